The molecule has 0 aliphatic heterocycles. The predicted octanol–water partition coefficient (Wildman–Crippen LogP) is 4.09. The van der Waals surface area contributed by atoms with Crippen LogP contribution in [0.15, 0.2) is 33.8 Å². The number of aryl methyl sites for hydroxylation is 1. The minimum Gasteiger partial charge on any atom is -0.424 e. The number of nitrogens with zero attached hydrogens (tertiary/aromatic N) is 6. The van der Waals surface area contributed by atoms with Gasteiger partial charge in [-0.2, -0.15) is 0 Å². The van der Waals surface area contributed by atoms with Crippen molar-refractivity contribution in [2.24, 2.45) is 0 Å². The number of rotatable bonds is 6. The van der Waals surface area contributed by atoms with Gasteiger partial charge >= 0.3 is 0 Å². The zero-order valence-electron chi connectivity index (χ0n) is 15.3. The van der Waals surface area contributed by atoms with E-state index in [4.69, 9.17) is 16.0 Å². The minimum absolute atomic E-state index is 0.0473. The first-order valence-corrected chi connectivity index (χ1v) is 9.47. The van der Waals surface area contributed by atoms with Crippen LogP contribution in [0.3, 0.4) is 0 Å². The molecule has 0 spiro atoms. The molecule has 3 rings (SSSR count). The van der Waals surface area contributed by atoms with Crippen molar-refractivity contribution in [1.82, 2.24) is 29.9 Å². The molecule has 0 fully saturated rings. The van der Waals surface area contributed by atoms with Gasteiger partial charge in [0.1, 0.15) is 0 Å². The number of halogens is 1. The minimum atomic E-state index is -0.0473. The van der Waals surface area contributed by atoms with Gasteiger partial charge in [-0.25, -0.2) is 0 Å². The molecule has 0 aliphatic carbocycles. The second-order valence-corrected chi connectivity index (χ2v) is 7.96. The molecule has 0 bridgehead atoms. The molecule has 0 saturated carbocycles. The number of benzene rings is 1. The van der Waals surface area contributed by atoms with E-state index in [0.717, 1.165) is 16.7 Å². The normalized spacial score (nSPS) is 14.0. The summed E-state index contributed by atoms with van der Waals surface area (Å²) >= 11 is 7.58. The second kappa shape index (κ2) is 7.77. The van der Waals surface area contributed by atoms with Gasteiger partial charge in [0.05, 0.1) is 11.3 Å². The summed E-state index contributed by atoms with van der Waals surface area (Å²) in [6.07, 6.45) is 0. The topological polar surface area (TPSA) is 72.9 Å². The summed E-state index contributed by atoms with van der Waals surface area (Å²) in [6.45, 7) is 5.88. The van der Waals surface area contributed by atoms with Gasteiger partial charge < -0.3 is 4.42 Å². The summed E-state index contributed by atoms with van der Waals surface area (Å²) in [5.74, 6) is 1.97. The molecule has 0 saturated heterocycles. The Morgan fingerprint density at radius 3 is 2.35 bits per heavy atom. The molecule has 2 atom stereocenters. The van der Waals surface area contributed by atoms with Gasteiger partial charge in [-0.05, 0) is 52.2 Å². The quantitative estimate of drug-likeness (QED) is 0.585. The van der Waals surface area contributed by atoms with Gasteiger partial charge in [-0.15, -0.1) is 20.4 Å². The van der Waals surface area contributed by atoms with Crippen LogP contribution < -0.4 is 0 Å². The summed E-state index contributed by atoms with van der Waals surface area (Å²) in [5.41, 5.74) is 0.958. The number of aromatic nitrogens is 5. The van der Waals surface area contributed by atoms with Crippen molar-refractivity contribution < 1.29 is 4.42 Å². The summed E-state index contributed by atoms with van der Waals surface area (Å²) < 4.78 is 7.59. The second-order valence-electron chi connectivity index (χ2n) is 6.21. The number of hydrogen-bond donors (Lipinski definition) is 0. The van der Waals surface area contributed by atoms with Crippen molar-refractivity contribution in [3.8, 4) is 5.69 Å². The van der Waals surface area contributed by atoms with Crippen LogP contribution in [-0.4, -0.2) is 44.0 Å². The van der Waals surface area contributed by atoms with Crippen LogP contribution in [0.1, 0.15) is 42.7 Å². The van der Waals surface area contributed by atoms with Gasteiger partial charge in [0.25, 0.3) is 0 Å². The zero-order valence-corrected chi connectivity index (χ0v) is 16.9. The van der Waals surface area contributed by atoms with Gasteiger partial charge in [0.2, 0.25) is 11.8 Å². The molecular weight excluding hydrogens is 372 g/mol. The van der Waals surface area contributed by atoms with E-state index in [1.54, 1.807) is 6.92 Å². The van der Waals surface area contributed by atoms with E-state index < -0.39 is 0 Å². The Hall–Kier alpha value is -1.90. The monoisotopic (exact) mass is 392 g/mol. The third kappa shape index (κ3) is 3.92. The summed E-state index contributed by atoms with van der Waals surface area (Å²) in [7, 11) is 4.03. The largest absolute Gasteiger partial charge is 0.424 e. The molecule has 2 aromatic heterocycles. The maximum absolute atomic E-state index is 6.05. The Labute approximate surface area is 161 Å². The van der Waals surface area contributed by atoms with Crippen molar-refractivity contribution in [3.05, 3.63) is 46.9 Å². The fourth-order valence-electron chi connectivity index (χ4n) is 2.38. The fourth-order valence-corrected chi connectivity index (χ4v) is 3.41. The summed E-state index contributed by atoms with van der Waals surface area (Å²) in [4.78, 5) is 2.09. The van der Waals surface area contributed by atoms with E-state index in [2.05, 4.69) is 32.2 Å². The third-order valence-electron chi connectivity index (χ3n) is 4.06. The maximum Gasteiger partial charge on any atom is 0.229 e. The Kier molecular flexibility index (Phi) is 5.64. The Morgan fingerprint density at radius 2 is 1.77 bits per heavy atom. The van der Waals surface area contributed by atoms with Crippen molar-refractivity contribution in [1.29, 1.82) is 0 Å². The van der Waals surface area contributed by atoms with Gasteiger partial charge in [-0.3, -0.25) is 9.47 Å². The molecule has 9 heteroatoms. The molecule has 1 aromatic carbocycles. The van der Waals surface area contributed by atoms with E-state index in [-0.39, 0.29) is 11.3 Å². The lowest BCUT2D eigenvalue weighted by Crippen LogP contribution is -2.20. The SMILES string of the molecule is Cc1nnc([C@@H](C)Sc2nnc([C@H](C)N(C)C)n2-c2ccc(Cl)cc2)o1. The van der Waals surface area contributed by atoms with Crippen LogP contribution in [-0.2, 0) is 0 Å². The van der Waals surface area contributed by atoms with E-state index in [1.807, 2.05) is 49.9 Å². The molecule has 0 amide bonds. The molecule has 26 heavy (non-hydrogen) atoms. The highest BCUT2D eigenvalue weighted by molar-refractivity contribution is 7.99. The lowest BCUT2D eigenvalue weighted by molar-refractivity contribution is 0.305. The van der Waals surface area contributed by atoms with Gasteiger partial charge in [0.15, 0.2) is 11.0 Å². The Balaban J connectivity index is 2.00. The van der Waals surface area contributed by atoms with Crippen LogP contribution in [0.5, 0.6) is 0 Å². The average Bonchev–Trinajstić information content (AvgIpc) is 3.21. The van der Waals surface area contributed by atoms with Crippen LogP contribution >= 0.6 is 23.4 Å². The van der Waals surface area contributed by atoms with Crippen molar-refractivity contribution >= 4 is 23.4 Å². The smallest absolute Gasteiger partial charge is 0.229 e. The van der Waals surface area contributed by atoms with E-state index in [0.29, 0.717) is 16.8 Å². The average molecular weight is 393 g/mol. The Morgan fingerprint density at radius 1 is 1.08 bits per heavy atom. The molecule has 7 nitrogen and oxygen atoms in total. The summed E-state index contributed by atoms with van der Waals surface area (Å²) in [5, 5.41) is 18.3. The Bertz CT molecular complexity index is 876. The van der Waals surface area contributed by atoms with E-state index in [1.165, 1.54) is 11.8 Å². The standard InChI is InChI=1S/C17H21ClN6OS/c1-10(23(4)5)15-20-22-17(24(15)14-8-6-13(18)7-9-14)26-11(2)16-21-19-12(3)25-16/h6-11H,1-5H3/t10-,11+/m0/s1. The van der Waals surface area contributed by atoms with Crippen molar-refractivity contribution in [3.63, 3.8) is 0 Å². The lowest BCUT2D eigenvalue weighted by atomic mass is 10.2. The lowest BCUT2D eigenvalue weighted by Gasteiger charge is -2.20. The molecule has 138 valence electrons. The van der Waals surface area contributed by atoms with Crippen LogP contribution in [0.4, 0.5) is 0 Å². The molecule has 0 aliphatic rings. The van der Waals surface area contributed by atoms with Crippen molar-refractivity contribution in [2.75, 3.05) is 14.1 Å². The molecule has 0 N–H and O–H groups in total. The van der Waals surface area contributed by atoms with Crippen molar-refractivity contribution in [2.45, 2.75) is 37.2 Å². The highest BCUT2D eigenvalue weighted by Gasteiger charge is 2.24. The number of hydrogen-bond acceptors (Lipinski definition) is 7. The van der Waals surface area contributed by atoms with Crippen LogP contribution in [0.2, 0.25) is 5.02 Å². The summed E-state index contributed by atoms with van der Waals surface area (Å²) in [6, 6.07) is 7.74. The fraction of sp³-hybridized carbons (Fsp3) is 0.412. The van der Waals surface area contributed by atoms with E-state index in [9.17, 15) is 0 Å². The first-order chi connectivity index (χ1) is 12.4. The third-order valence-corrected chi connectivity index (χ3v) is 5.35. The molecule has 3 aromatic rings. The predicted molar refractivity (Wildman–Crippen MR) is 102 cm³/mol. The van der Waals surface area contributed by atoms with Gasteiger partial charge in [-0.1, -0.05) is 23.4 Å². The zero-order chi connectivity index (χ0) is 18.8. The molecule has 0 radical (unpaired) electrons. The molecule has 0 unspecified atom stereocenters. The highest BCUT2D eigenvalue weighted by atomic mass is 35.5. The molecular formula is C17H21ClN6OS. The maximum atomic E-state index is 6.05. The van der Waals surface area contributed by atoms with Crippen LogP contribution in [0.25, 0.3) is 5.69 Å². The first kappa shape index (κ1) is 18.9. The number of thioether (sulfide) groups is 1. The first-order valence-electron chi connectivity index (χ1n) is 8.21. The molecule has 2 heterocycles. The van der Waals surface area contributed by atoms with E-state index >= 15 is 0 Å². The van der Waals surface area contributed by atoms with Gasteiger partial charge in [0, 0.05) is 17.6 Å². The highest BCUT2D eigenvalue weighted by Crippen LogP contribution is 2.36. The van der Waals surface area contributed by atoms with Crippen LogP contribution in [0, 0.1) is 6.92 Å².